The van der Waals surface area contributed by atoms with Gasteiger partial charge < -0.3 is 4.74 Å². The van der Waals surface area contributed by atoms with Crippen LogP contribution in [0, 0.1) is 0 Å². The van der Waals surface area contributed by atoms with E-state index in [1.54, 1.807) is 0 Å². The van der Waals surface area contributed by atoms with E-state index < -0.39 is 0 Å². The third kappa shape index (κ3) is 1.28. The van der Waals surface area contributed by atoms with Gasteiger partial charge >= 0.3 is 0 Å². The van der Waals surface area contributed by atoms with Crippen molar-refractivity contribution in [2.24, 2.45) is 0 Å². The SMILES string of the molecule is O=C1CCCOC12CCCCC2. The number of carbonyl (C=O) groups is 1. The Morgan fingerprint density at radius 2 is 1.83 bits per heavy atom. The largest absolute Gasteiger partial charge is 0.367 e. The van der Waals surface area contributed by atoms with Gasteiger partial charge in [0.05, 0.1) is 0 Å². The molecule has 2 aliphatic rings. The first-order chi connectivity index (χ1) is 5.83. The minimum Gasteiger partial charge on any atom is -0.367 e. The van der Waals surface area contributed by atoms with E-state index >= 15 is 0 Å². The van der Waals surface area contributed by atoms with Crippen molar-refractivity contribution < 1.29 is 9.53 Å². The summed E-state index contributed by atoms with van der Waals surface area (Å²) in [5, 5.41) is 0. The number of Topliss-reactive ketones (excluding diaryl/α,β-unsaturated/α-hetero) is 1. The van der Waals surface area contributed by atoms with Crippen LogP contribution in [0.4, 0.5) is 0 Å². The van der Waals surface area contributed by atoms with Crippen LogP contribution in [-0.4, -0.2) is 18.0 Å². The van der Waals surface area contributed by atoms with E-state index in [9.17, 15) is 4.79 Å². The van der Waals surface area contributed by atoms with Crippen molar-refractivity contribution in [3.8, 4) is 0 Å². The highest BCUT2D eigenvalue weighted by molar-refractivity contribution is 5.87. The Balaban J connectivity index is 2.09. The molecule has 2 nitrogen and oxygen atoms in total. The normalized spacial score (nSPS) is 29.2. The average Bonchev–Trinajstić information content (AvgIpc) is 2.12. The van der Waals surface area contributed by atoms with Gasteiger partial charge in [-0.1, -0.05) is 19.3 Å². The zero-order chi connectivity index (χ0) is 8.44. The van der Waals surface area contributed by atoms with Gasteiger partial charge in [0.15, 0.2) is 5.78 Å². The van der Waals surface area contributed by atoms with Gasteiger partial charge in [-0.05, 0) is 19.3 Å². The first-order valence-corrected chi connectivity index (χ1v) is 5.01. The first-order valence-electron chi connectivity index (χ1n) is 5.01. The molecule has 0 atom stereocenters. The molecule has 1 saturated heterocycles. The minimum atomic E-state index is -0.323. The van der Waals surface area contributed by atoms with Gasteiger partial charge in [-0.3, -0.25) is 4.79 Å². The summed E-state index contributed by atoms with van der Waals surface area (Å²) in [5.74, 6) is 0.369. The predicted molar refractivity (Wildman–Crippen MR) is 46.0 cm³/mol. The van der Waals surface area contributed by atoms with E-state index in [2.05, 4.69) is 0 Å². The maximum absolute atomic E-state index is 11.6. The van der Waals surface area contributed by atoms with Crippen LogP contribution >= 0.6 is 0 Å². The third-order valence-corrected chi connectivity index (χ3v) is 3.10. The molecule has 2 heteroatoms. The highest BCUT2D eigenvalue weighted by Gasteiger charge is 2.41. The van der Waals surface area contributed by atoms with Gasteiger partial charge in [-0.25, -0.2) is 0 Å². The van der Waals surface area contributed by atoms with Crippen LogP contribution in [-0.2, 0) is 9.53 Å². The van der Waals surface area contributed by atoms with Gasteiger partial charge in [0.2, 0.25) is 0 Å². The molecule has 0 aromatic rings. The Labute approximate surface area is 73.3 Å². The minimum absolute atomic E-state index is 0.323. The number of hydrogen-bond acceptors (Lipinski definition) is 2. The Morgan fingerprint density at radius 3 is 2.50 bits per heavy atom. The number of rotatable bonds is 0. The summed E-state index contributed by atoms with van der Waals surface area (Å²) in [4.78, 5) is 11.6. The van der Waals surface area contributed by atoms with E-state index in [1.165, 1.54) is 19.3 Å². The van der Waals surface area contributed by atoms with Gasteiger partial charge in [0.25, 0.3) is 0 Å². The van der Waals surface area contributed by atoms with Crippen molar-refractivity contribution in [2.45, 2.75) is 50.5 Å². The van der Waals surface area contributed by atoms with Crippen LogP contribution in [0.3, 0.4) is 0 Å². The van der Waals surface area contributed by atoms with Crippen LogP contribution < -0.4 is 0 Å². The van der Waals surface area contributed by atoms with E-state index in [-0.39, 0.29) is 5.60 Å². The molecule has 68 valence electrons. The molecule has 1 aliphatic carbocycles. The third-order valence-electron chi connectivity index (χ3n) is 3.10. The van der Waals surface area contributed by atoms with Crippen LogP contribution in [0.5, 0.6) is 0 Å². The Kier molecular flexibility index (Phi) is 2.18. The number of carbonyl (C=O) groups excluding carboxylic acids is 1. The van der Waals surface area contributed by atoms with E-state index in [1.807, 2.05) is 0 Å². The van der Waals surface area contributed by atoms with Crippen molar-refractivity contribution in [2.75, 3.05) is 6.61 Å². The summed E-state index contributed by atoms with van der Waals surface area (Å²) in [5.41, 5.74) is -0.323. The molecule has 2 fully saturated rings. The summed E-state index contributed by atoms with van der Waals surface area (Å²) in [6, 6.07) is 0. The molecule has 1 saturated carbocycles. The van der Waals surface area contributed by atoms with Gasteiger partial charge in [0, 0.05) is 13.0 Å². The van der Waals surface area contributed by atoms with Crippen molar-refractivity contribution in [1.29, 1.82) is 0 Å². The van der Waals surface area contributed by atoms with Gasteiger partial charge in [0.1, 0.15) is 5.60 Å². The molecule has 2 rings (SSSR count). The number of ketones is 1. The molecular formula is C10H16O2. The lowest BCUT2D eigenvalue weighted by Crippen LogP contribution is -2.46. The van der Waals surface area contributed by atoms with Gasteiger partial charge in [-0.15, -0.1) is 0 Å². The number of ether oxygens (including phenoxy) is 1. The molecule has 0 N–H and O–H groups in total. The summed E-state index contributed by atoms with van der Waals surface area (Å²) in [6.07, 6.45) is 7.26. The molecule has 1 heterocycles. The smallest absolute Gasteiger partial charge is 0.164 e. The summed E-state index contributed by atoms with van der Waals surface area (Å²) < 4.78 is 5.67. The Bertz CT molecular complexity index is 172. The van der Waals surface area contributed by atoms with Crippen molar-refractivity contribution in [3.63, 3.8) is 0 Å². The Hall–Kier alpha value is -0.370. The molecule has 0 unspecified atom stereocenters. The molecule has 1 spiro atoms. The van der Waals surface area contributed by atoms with E-state index in [0.29, 0.717) is 5.78 Å². The fraction of sp³-hybridized carbons (Fsp3) is 0.900. The second kappa shape index (κ2) is 3.17. The molecule has 0 amide bonds. The van der Waals surface area contributed by atoms with E-state index in [4.69, 9.17) is 4.74 Å². The molecule has 12 heavy (non-hydrogen) atoms. The van der Waals surface area contributed by atoms with Crippen LogP contribution in [0.25, 0.3) is 0 Å². The fourth-order valence-electron chi connectivity index (χ4n) is 2.35. The standard InChI is InChI=1S/C10H16O2/c11-9-5-4-8-12-10(9)6-2-1-3-7-10/h1-8H2. The monoisotopic (exact) mass is 168 g/mol. The molecule has 1 aliphatic heterocycles. The summed E-state index contributed by atoms with van der Waals surface area (Å²) in [6.45, 7) is 0.797. The quantitative estimate of drug-likeness (QED) is 0.553. The zero-order valence-electron chi connectivity index (χ0n) is 7.47. The molecule has 0 radical (unpaired) electrons. The van der Waals surface area contributed by atoms with Crippen molar-refractivity contribution in [3.05, 3.63) is 0 Å². The van der Waals surface area contributed by atoms with Gasteiger partial charge in [-0.2, -0.15) is 0 Å². The van der Waals surface area contributed by atoms with Crippen molar-refractivity contribution >= 4 is 5.78 Å². The summed E-state index contributed by atoms with van der Waals surface area (Å²) in [7, 11) is 0. The average molecular weight is 168 g/mol. The Morgan fingerprint density at radius 1 is 1.08 bits per heavy atom. The topological polar surface area (TPSA) is 26.3 Å². The fourth-order valence-corrected chi connectivity index (χ4v) is 2.35. The summed E-state index contributed by atoms with van der Waals surface area (Å²) >= 11 is 0. The zero-order valence-corrected chi connectivity index (χ0v) is 7.47. The highest BCUT2D eigenvalue weighted by atomic mass is 16.5. The second-order valence-corrected chi connectivity index (χ2v) is 3.93. The molecule has 0 aromatic carbocycles. The highest BCUT2D eigenvalue weighted by Crippen LogP contribution is 2.35. The number of hydrogen-bond donors (Lipinski definition) is 0. The lowest BCUT2D eigenvalue weighted by molar-refractivity contribution is -0.157. The lowest BCUT2D eigenvalue weighted by Gasteiger charge is -2.38. The predicted octanol–water partition coefficient (Wildman–Crippen LogP) is 2.07. The lowest BCUT2D eigenvalue weighted by atomic mass is 9.79. The molecule has 0 bridgehead atoms. The van der Waals surface area contributed by atoms with Crippen LogP contribution in [0.2, 0.25) is 0 Å². The van der Waals surface area contributed by atoms with Crippen LogP contribution in [0.1, 0.15) is 44.9 Å². The molecule has 0 aromatic heterocycles. The maximum atomic E-state index is 11.6. The maximum Gasteiger partial charge on any atom is 0.164 e. The molecular weight excluding hydrogens is 152 g/mol. The van der Waals surface area contributed by atoms with Crippen molar-refractivity contribution in [1.82, 2.24) is 0 Å². The van der Waals surface area contributed by atoms with Crippen LogP contribution in [0.15, 0.2) is 0 Å². The second-order valence-electron chi connectivity index (χ2n) is 3.93. The first kappa shape index (κ1) is 8.24. The van der Waals surface area contributed by atoms with E-state index in [0.717, 1.165) is 32.3 Å².